The van der Waals surface area contributed by atoms with Gasteiger partial charge in [0.25, 0.3) is 0 Å². The number of methoxy groups -OCH3 is 1. The third-order valence-corrected chi connectivity index (χ3v) is 3.04. The number of aromatic nitrogens is 1. The van der Waals surface area contributed by atoms with Crippen molar-refractivity contribution in [3.63, 3.8) is 0 Å². The van der Waals surface area contributed by atoms with E-state index >= 15 is 0 Å². The first-order valence-electron chi connectivity index (χ1n) is 6.33. The van der Waals surface area contributed by atoms with Crippen molar-refractivity contribution < 1.29 is 4.74 Å². The molecule has 2 aromatic rings. The predicted octanol–water partition coefficient (Wildman–Crippen LogP) is 2.70. The molecule has 0 aliphatic heterocycles. The highest BCUT2D eigenvalue weighted by atomic mass is 16.5. The maximum Gasteiger partial charge on any atom is 0.218 e. The maximum atomic E-state index is 5.72. The fourth-order valence-electron chi connectivity index (χ4n) is 2.00. The number of hydrogen-bond donors (Lipinski definition) is 1. The van der Waals surface area contributed by atoms with E-state index in [1.165, 1.54) is 0 Å². The van der Waals surface area contributed by atoms with Crippen molar-refractivity contribution in [1.29, 1.82) is 0 Å². The molecule has 0 spiro atoms. The van der Waals surface area contributed by atoms with E-state index in [-0.39, 0.29) is 0 Å². The lowest BCUT2D eigenvalue weighted by atomic mass is 10.2. The highest BCUT2D eigenvalue weighted by Crippen LogP contribution is 2.22. The Morgan fingerprint density at radius 1 is 1.21 bits per heavy atom. The van der Waals surface area contributed by atoms with Crippen LogP contribution in [-0.4, -0.2) is 18.6 Å². The average molecular weight is 257 g/mol. The maximum absolute atomic E-state index is 5.72. The van der Waals surface area contributed by atoms with Crippen LogP contribution in [0, 0.1) is 0 Å². The van der Waals surface area contributed by atoms with Crippen molar-refractivity contribution in [1.82, 2.24) is 4.98 Å². The number of anilines is 2. The molecule has 0 fully saturated rings. The van der Waals surface area contributed by atoms with Crippen molar-refractivity contribution in [2.75, 3.05) is 24.3 Å². The van der Waals surface area contributed by atoms with Crippen molar-refractivity contribution in [3.05, 3.63) is 48.2 Å². The fraction of sp³-hybridized carbons (Fsp3) is 0.267. The number of nitrogen functional groups attached to an aromatic ring is 1. The van der Waals surface area contributed by atoms with Crippen molar-refractivity contribution in [2.45, 2.75) is 13.5 Å². The van der Waals surface area contributed by atoms with Crippen molar-refractivity contribution in [3.8, 4) is 5.88 Å². The van der Waals surface area contributed by atoms with Gasteiger partial charge in [-0.15, -0.1) is 0 Å². The normalized spacial score (nSPS) is 10.2. The molecule has 2 rings (SSSR count). The first-order chi connectivity index (χ1) is 9.24. The molecule has 100 valence electrons. The Hall–Kier alpha value is -2.23. The molecule has 0 unspecified atom stereocenters. The van der Waals surface area contributed by atoms with E-state index in [1.807, 2.05) is 36.4 Å². The molecule has 0 aliphatic rings. The number of pyridine rings is 1. The molecule has 0 amide bonds. The summed E-state index contributed by atoms with van der Waals surface area (Å²) in [6.45, 7) is 3.79. The van der Waals surface area contributed by atoms with E-state index in [0.29, 0.717) is 5.88 Å². The summed E-state index contributed by atoms with van der Waals surface area (Å²) in [6.07, 6.45) is 1.74. The summed E-state index contributed by atoms with van der Waals surface area (Å²) >= 11 is 0. The predicted molar refractivity (Wildman–Crippen MR) is 78.4 cm³/mol. The van der Waals surface area contributed by atoms with E-state index in [2.05, 4.69) is 16.8 Å². The van der Waals surface area contributed by atoms with Gasteiger partial charge in [0.1, 0.15) is 0 Å². The molecule has 1 aromatic heterocycles. The van der Waals surface area contributed by atoms with E-state index in [0.717, 1.165) is 30.0 Å². The molecule has 0 aliphatic carbocycles. The topological polar surface area (TPSA) is 51.4 Å². The fourth-order valence-corrected chi connectivity index (χ4v) is 2.00. The highest BCUT2D eigenvalue weighted by Gasteiger charge is 2.09. The molecule has 0 atom stereocenters. The quantitative estimate of drug-likeness (QED) is 0.837. The molecule has 1 heterocycles. The number of nitrogens with zero attached hydrogens (tertiary/aromatic N) is 2. The number of nitrogens with two attached hydrogens (primary N) is 1. The molecule has 0 bridgehead atoms. The van der Waals surface area contributed by atoms with E-state index in [1.54, 1.807) is 13.3 Å². The lowest BCUT2D eigenvalue weighted by molar-refractivity contribution is 0.392. The lowest BCUT2D eigenvalue weighted by Gasteiger charge is -2.23. The van der Waals surface area contributed by atoms with Crippen LogP contribution >= 0.6 is 0 Å². The Morgan fingerprint density at radius 2 is 1.95 bits per heavy atom. The second kappa shape index (κ2) is 6.09. The van der Waals surface area contributed by atoms with Crippen LogP contribution in [0.15, 0.2) is 42.6 Å². The van der Waals surface area contributed by atoms with Gasteiger partial charge in [0.15, 0.2) is 0 Å². The minimum atomic E-state index is 0.677. The van der Waals surface area contributed by atoms with E-state index in [4.69, 9.17) is 10.5 Å². The number of ether oxygens (including phenoxy) is 1. The SMILES string of the molecule is CCN(Cc1cccnc1OC)c1ccc(N)cc1. The van der Waals surface area contributed by atoms with Gasteiger partial charge < -0.3 is 15.4 Å². The van der Waals surface area contributed by atoms with Crippen LogP contribution in [0.4, 0.5) is 11.4 Å². The van der Waals surface area contributed by atoms with Crippen LogP contribution in [0.25, 0.3) is 0 Å². The summed E-state index contributed by atoms with van der Waals surface area (Å²) in [5.74, 6) is 0.677. The van der Waals surface area contributed by atoms with Gasteiger partial charge in [0.05, 0.1) is 7.11 Å². The van der Waals surface area contributed by atoms with Gasteiger partial charge in [-0.1, -0.05) is 6.07 Å². The van der Waals surface area contributed by atoms with Crippen LogP contribution < -0.4 is 15.4 Å². The number of rotatable bonds is 5. The Balaban J connectivity index is 2.21. The Bertz CT molecular complexity index is 525. The second-order valence-electron chi connectivity index (χ2n) is 4.28. The molecule has 4 nitrogen and oxygen atoms in total. The van der Waals surface area contributed by atoms with Gasteiger partial charge in [-0.2, -0.15) is 0 Å². The molecular formula is C15H19N3O. The number of hydrogen-bond acceptors (Lipinski definition) is 4. The summed E-state index contributed by atoms with van der Waals surface area (Å²) < 4.78 is 5.29. The second-order valence-corrected chi connectivity index (χ2v) is 4.28. The summed E-state index contributed by atoms with van der Waals surface area (Å²) in [5.41, 5.74) is 8.71. The summed E-state index contributed by atoms with van der Waals surface area (Å²) in [6, 6.07) is 11.8. The smallest absolute Gasteiger partial charge is 0.218 e. The molecular weight excluding hydrogens is 238 g/mol. The Labute approximate surface area is 113 Å². The van der Waals surface area contributed by atoms with Gasteiger partial charge in [-0.3, -0.25) is 0 Å². The molecule has 0 radical (unpaired) electrons. The Morgan fingerprint density at radius 3 is 2.58 bits per heavy atom. The zero-order valence-electron chi connectivity index (χ0n) is 11.3. The summed E-state index contributed by atoms with van der Waals surface area (Å²) in [7, 11) is 1.64. The van der Waals surface area contributed by atoms with Crippen molar-refractivity contribution >= 4 is 11.4 Å². The van der Waals surface area contributed by atoms with E-state index in [9.17, 15) is 0 Å². The minimum absolute atomic E-state index is 0.677. The zero-order chi connectivity index (χ0) is 13.7. The van der Waals surface area contributed by atoms with Crippen molar-refractivity contribution in [2.24, 2.45) is 0 Å². The van der Waals surface area contributed by atoms with Crippen LogP contribution in [-0.2, 0) is 6.54 Å². The molecule has 4 heteroatoms. The van der Waals surface area contributed by atoms with Crippen LogP contribution in [0.3, 0.4) is 0 Å². The third kappa shape index (κ3) is 3.16. The number of benzene rings is 1. The Kier molecular flexibility index (Phi) is 4.23. The van der Waals surface area contributed by atoms with Crippen LogP contribution in [0.5, 0.6) is 5.88 Å². The van der Waals surface area contributed by atoms with Gasteiger partial charge in [0.2, 0.25) is 5.88 Å². The third-order valence-electron chi connectivity index (χ3n) is 3.04. The minimum Gasteiger partial charge on any atom is -0.481 e. The van der Waals surface area contributed by atoms with Gasteiger partial charge in [0, 0.05) is 36.2 Å². The largest absolute Gasteiger partial charge is 0.481 e. The standard InChI is InChI=1S/C15H19N3O/c1-3-18(14-8-6-13(16)7-9-14)11-12-5-4-10-17-15(12)19-2/h4-10H,3,11,16H2,1-2H3. The zero-order valence-corrected chi connectivity index (χ0v) is 11.3. The monoisotopic (exact) mass is 257 g/mol. The van der Waals surface area contributed by atoms with Gasteiger partial charge >= 0.3 is 0 Å². The average Bonchev–Trinajstić information content (AvgIpc) is 2.46. The molecule has 1 aromatic carbocycles. The van der Waals surface area contributed by atoms with Gasteiger partial charge in [-0.05, 0) is 37.3 Å². The highest BCUT2D eigenvalue weighted by molar-refractivity contribution is 5.53. The van der Waals surface area contributed by atoms with Crippen LogP contribution in [0.2, 0.25) is 0 Å². The van der Waals surface area contributed by atoms with Gasteiger partial charge in [-0.25, -0.2) is 4.98 Å². The molecule has 0 saturated heterocycles. The lowest BCUT2D eigenvalue weighted by Crippen LogP contribution is -2.22. The first-order valence-corrected chi connectivity index (χ1v) is 6.33. The first kappa shape index (κ1) is 13.2. The molecule has 19 heavy (non-hydrogen) atoms. The molecule has 2 N–H and O–H groups in total. The van der Waals surface area contributed by atoms with Crippen LogP contribution in [0.1, 0.15) is 12.5 Å². The molecule has 0 saturated carbocycles. The summed E-state index contributed by atoms with van der Waals surface area (Å²) in [4.78, 5) is 6.47. The summed E-state index contributed by atoms with van der Waals surface area (Å²) in [5, 5.41) is 0. The van der Waals surface area contributed by atoms with E-state index < -0.39 is 0 Å².